The van der Waals surface area contributed by atoms with Gasteiger partial charge in [0.1, 0.15) is 0 Å². The predicted molar refractivity (Wildman–Crippen MR) is 25.4 cm³/mol. The summed E-state index contributed by atoms with van der Waals surface area (Å²) in [6.07, 6.45) is 0. The highest BCUT2D eigenvalue weighted by Crippen LogP contribution is 1.80. The molecule has 0 unspecified atom stereocenters. The van der Waals surface area contributed by atoms with E-state index in [1.807, 2.05) is 0 Å². The van der Waals surface area contributed by atoms with Gasteiger partial charge in [-0.05, 0) is 0 Å². The van der Waals surface area contributed by atoms with E-state index in [1.54, 1.807) is 0 Å². The number of amides is 1. The van der Waals surface area contributed by atoms with Crippen molar-refractivity contribution in [3.63, 3.8) is 0 Å². The first kappa shape index (κ1) is 6.17. The Kier molecular flexibility index (Phi) is 2.08. The van der Waals surface area contributed by atoms with Crippen molar-refractivity contribution in [1.82, 2.24) is 0 Å². The Labute approximate surface area is 41.4 Å². The van der Waals surface area contributed by atoms with Gasteiger partial charge in [-0.25, -0.2) is 0 Å². The average Bonchev–Trinajstić information content (AvgIpc) is 1.65. The zero-order valence-electron chi connectivity index (χ0n) is 3.85. The second-order valence-electron chi connectivity index (χ2n) is 1.13. The van der Waals surface area contributed by atoms with E-state index in [1.165, 1.54) is 0 Å². The molecule has 7 heavy (non-hydrogen) atoms. The van der Waals surface area contributed by atoms with E-state index in [-0.39, 0.29) is 12.2 Å². The fourth-order valence-electron chi connectivity index (χ4n) is 0.0779. The van der Waals surface area contributed by atoms with Crippen LogP contribution in [0.1, 0.15) is 0 Å². The van der Waals surface area contributed by atoms with Crippen LogP contribution in [0.3, 0.4) is 0 Å². The summed E-state index contributed by atoms with van der Waals surface area (Å²) in [5.74, 6) is -0.650. The van der Waals surface area contributed by atoms with E-state index in [2.05, 4.69) is 12.3 Å². The van der Waals surface area contributed by atoms with E-state index in [0.29, 0.717) is 0 Å². The number of primary amides is 1. The third-order valence-electron chi connectivity index (χ3n) is 0.539. The van der Waals surface area contributed by atoms with Gasteiger partial charge in [-0.1, -0.05) is 6.58 Å². The first-order valence-corrected chi connectivity index (χ1v) is 1.77. The van der Waals surface area contributed by atoms with Gasteiger partial charge in [-0.2, -0.15) is 0 Å². The molecule has 3 N–H and O–H groups in total. The Balaban J connectivity index is 3.58. The summed E-state index contributed by atoms with van der Waals surface area (Å²) in [5, 5.41) is 8.10. The average molecular weight is 101 g/mol. The Bertz CT molecular complexity index is 97.9. The van der Waals surface area contributed by atoms with Gasteiger partial charge >= 0.3 is 0 Å². The van der Waals surface area contributed by atoms with Crippen LogP contribution in [0.25, 0.3) is 0 Å². The van der Waals surface area contributed by atoms with Crippen LogP contribution in [0.4, 0.5) is 0 Å². The molecule has 0 heterocycles. The normalized spacial score (nSPS) is 8.14. The van der Waals surface area contributed by atoms with Crippen molar-refractivity contribution >= 4 is 5.91 Å². The maximum Gasteiger partial charge on any atom is 0.246 e. The Morgan fingerprint density at radius 2 is 2.29 bits per heavy atom. The van der Waals surface area contributed by atoms with Crippen LogP contribution >= 0.6 is 0 Å². The highest BCUT2D eigenvalue weighted by atomic mass is 16.3. The van der Waals surface area contributed by atoms with Crippen molar-refractivity contribution in [3.8, 4) is 0 Å². The van der Waals surface area contributed by atoms with Crippen LogP contribution in [-0.2, 0) is 4.79 Å². The van der Waals surface area contributed by atoms with Crippen molar-refractivity contribution in [1.29, 1.82) is 0 Å². The zero-order valence-corrected chi connectivity index (χ0v) is 3.85. The molecule has 0 aliphatic rings. The van der Waals surface area contributed by atoms with Crippen molar-refractivity contribution in [2.24, 2.45) is 5.73 Å². The number of nitrogens with two attached hydrogens (primary N) is 1. The summed E-state index contributed by atoms with van der Waals surface area (Å²) in [4.78, 5) is 9.89. The van der Waals surface area contributed by atoms with E-state index in [4.69, 9.17) is 5.11 Å². The molecule has 0 spiro atoms. The van der Waals surface area contributed by atoms with Gasteiger partial charge in [0.15, 0.2) is 0 Å². The molecule has 0 rings (SSSR count). The summed E-state index contributed by atoms with van der Waals surface area (Å²) in [7, 11) is 0. The Morgan fingerprint density at radius 1 is 1.86 bits per heavy atom. The molecular weight excluding hydrogens is 94.0 g/mol. The molecule has 0 saturated heterocycles. The summed E-state index contributed by atoms with van der Waals surface area (Å²) < 4.78 is 0. The first-order chi connectivity index (χ1) is 3.18. The molecule has 0 bridgehead atoms. The van der Waals surface area contributed by atoms with Crippen molar-refractivity contribution in [2.45, 2.75) is 0 Å². The molecule has 0 aromatic heterocycles. The van der Waals surface area contributed by atoms with Crippen molar-refractivity contribution in [2.75, 3.05) is 6.61 Å². The van der Waals surface area contributed by atoms with Crippen LogP contribution in [0, 0.1) is 0 Å². The number of rotatable bonds is 2. The monoisotopic (exact) mass is 101 g/mol. The smallest absolute Gasteiger partial charge is 0.246 e. The third kappa shape index (κ3) is 1.94. The topological polar surface area (TPSA) is 63.3 Å². The highest BCUT2D eigenvalue weighted by Gasteiger charge is 1.94. The van der Waals surface area contributed by atoms with E-state index >= 15 is 0 Å². The largest absolute Gasteiger partial charge is 0.391 e. The summed E-state index contributed by atoms with van der Waals surface area (Å²) in [6, 6.07) is 0. The second kappa shape index (κ2) is 2.36. The van der Waals surface area contributed by atoms with Crippen LogP contribution in [0.5, 0.6) is 0 Å². The van der Waals surface area contributed by atoms with E-state index in [9.17, 15) is 4.79 Å². The lowest BCUT2D eigenvalue weighted by atomic mass is 10.3. The summed E-state index contributed by atoms with van der Waals surface area (Å²) in [6.45, 7) is 2.80. The lowest BCUT2D eigenvalue weighted by Crippen LogP contribution is -2.14. The van der Waals surface area contributed by atoms with Crippen LogP contribution in [0.2, 0.25) is 0 Å². The number of aliphatic hydroxyl groups is 1. The standard InChI is InChI=1S/C4H7NO2/c1-3(2-6)4(5)7/h6H,1-2H2,(H2,5,7). The predicted octanol–water partition coefficient (Wildman–Crippen LogP) is -0.980. The molecule has 0 aromatic rings. The minimum atomic E-state index is -0.650. The molecule has 0 saturated carbocycles. The molecule has 0 fully saturated rings. The minimum Gasteiger partial charge on any atom is -0.391 e. The SMILES string of the molecule is C=C(CO)C(N)=O. The molecule has 3 nitrogen and oxygen atoms in total. The fourth-order valence-corrected chi connectivity index (χ4v) is 0.0779. The quantitative estimate of drug-likeness (QED) is 0.439. The molecule has 0 aliphatic heterocycles. The Morgan fingerprint density at radius 3 is 2.29 bits per heavy atom. The maximum atomic E-state index is 9.89. The number of hydrogen-bond donors (Lipinski definition) is 2. The van der Waals surface area contributed by atoms with Gasteiger partial charge in [-0.3, -0.25) is 4.79 Å². The molecule has 0 aliphatic carbocycles. The van der Waals surface area contributed by atoms with Crippen LogP contribution in [-0.4, -0.2) is 17.6 Å². The molecule has 1 amide bonds. The van der Waals surface area contributed by atoms with E-state index in [0.717, 1.165) is 0 Å². The molecule has 3 heteroatoms. The van der Waals surface area contributed by atoms with Gasteiger partial charge in [0.25, 0.3) is 0 Å². The molecular formula is C4H7NO2. The second-order valence-corrected chi connectivity index (χ2v) is 1.13. The number of carbonyl (C=O) groups excluding carboxylic acids is 1. The van der Waals surface area contributed by atoms with Gasteiger partial charge < -0.3 is 10.8 Å². The lowest BCUT2D eigenvalue weighted by Gasteiger charge is -1.88. The van der Waals surface area contributed by atoms with Crippen LogP contribution in [0.15, 0.2) is 12.2 Å². The number of carbonyl (C=O) groups is 1. The Hall–Kier alpha value is -0.830. The van der Waals surface area contributed by atoms with Gasteiger partial charge in [0, 0.05) is 5.57 Å². The minimum absolute atomic E-state index is 0.0417. The number of hydrogen-bond acceptors (Lipinski definition) is 2. The fraction of sp³-hybridized carbons (Fsp3) is 0.250. The maximum absolute atomic E-state index is 9.89. The highest BCUT2D eigenvalue weighted by molar-refractivity contribution is 5.91. The summed E-state index contributed by atoms with van der Waals surface area (Å²) >= 11 is 0. The van der Waals surface area contributed by atoms with Gasteiger partial charge in [-0.15, -0.1) is 0 Å². The lowest BCUT2D eigenvalue weighted by molar-refractivity contribution is -0.114. The van der Waals surface area contributed by atoms with E-state index < -0.39 is 5.91 Å². The van der Waals surface area contributed by atoms with Crippen molar-refractivity contribution < 1.29 is 9.90 Å². The summed E-state index contributed by atoms with van der Waals surface area (Å²) in [5.41, 5.74) is 4.69. The molecule has 0 atom stereocenters. The first-order valence-electron chi connectivity index (χ1n) is 1.77. The van der Waals surface area contributed by atoms with Gasteiger partial charge in [0.05, 0.1) is 6.61 Å². The zero-order chi connectivity index (χ0) is 5.86. The molecule has 0 aromatic carbocycles. The third-order valence-corrected chi connectivity index (χ3v) is 0.539. The van der Waals surface area contributed by atoms with Crippen LogP contribution < -0.4 is 5.73 Å². The molecule has 40 valence electrons. The molecule has 0 radical (unpaired) electrons. The van der Waals surface area contributed by atoms with Crippen molar-refractivity contribution in [3.05, 3.63) is 12.2 Å². The number of aliphatic hydroxyl groups excluding tert-OH is 1. The van der Waals surface area contributed by atoms with Gasteiger partial charge in [0.2, 0.25) is 5.91 Å².